The van der Waals surface area contributed by atoms with Crippen LogP contribution in [0.4, 0.5) is 0 Å². The lowest BCUT2D eigenvalue weighted by molar-refractivity contribution is -0.0394. The summed E-state index contributed by atoms with van der Waals surface area (Å²) in [7, 11) is -1.11. The molecule has 1 unspecified atom stereocenters. The van der Waals surface area contributed by atoms with Gasteiger partial charge in [0.25, 0.3) is 0 Å². The van der Waals surface area contributed by atoms with Gasteiger partial charge in [0.05, 0.1) is 11.2 Å². The summed E-state index contributed by atoms with van der Waals surface area (Å²) in [6, 6.07) is 2.97. The molecule has 0 aliphatic carbocycles. The van der Waals surface area contributed by atoms with E-state index in [1.165, 1.54) is 6.42 Å². The fourth-order valence-electron chi connectivity index (χ4n) is 3.60. The Morgan fingerprint density at radius 2 is 2.14 bits per heavy atom. The quantitative estimate of drug-likeness (QED) is 0.362. The minimum atomic E-state index is -1.11. The van der Waals surface area contributed by atoms with Crippen LogP contribution in [0.2, 0.25) is 30.7 Å². The molecule has 8 heteroatoms. The molecular weight excluding hydrogens is 404 g/mol. The lowest BCUT2D eigenvalue weighted by atomic mass is 10.1. The van der Waals surface area contributed by atoms with Gasteiger partial charge in [-0.25, -0.2) is 9.67 Å². The SMILES string of the molecule is C[Si](C)(C)CCOCn1cc(-c2cnn(C3CCCCO3)c2)c2c(Cl)ccnc21. The maximum atomic E-state index is 6.56. The Hall–Kier alpha value is -1.67. The van der Waals surface area contributed by atoms with Gasteiger partial charge in [-0.05, 0) is 31.4 Å². The summed E-state index contributed by atoms with van der Waals surface area (Å²) < 4.78 is 15.8. The number of fused-ring (bicyclic) bond motifs is 1. The Balaban J connectivity index is 1.60. The van der Waals surface area contributed by atoms with E-state index in [0.717, 1.165) is 54.3 Å². The number of pyridine rings is 1. The molecule has 4 rings (SSSR count). The van der Waals surface area contributed by atoms with E-state index in [4.69, 9.17) is 21.1 Å². The second kappa shape index (κ2) is 8.59. The van der Waals surface area contributed by atoms with Gasteiger partial charge < -0.3 is 14.0 Å². The summed E-state index contributed by atoms with van der Waals surface area (Å²) in [4.78, 5) is 4.57. The van der Waals surface area contributed by atoms with Gasteiger partial charge in [0, 0.05) is 56.4 Å². The van der Waals surface area contributed by atoms with E-state index in [9.17, 15) is 0 Å². The van der Waals surface area contributed by atoms with Crippen LogP contribution in [0.1, 0.15) is 25.5 Å². The van der Waals surface area contributed by atoms with Crippen LogP contribution in [-0.4, -0.2) is 40.6 Å². The second-order valence-corrected chi connectivity index (χ2v) is 14.9. The predicted molar refractivity (Wildman–Crippen MR) is 119 cm³/mol. The summed E-state index contributed by atoms with van der Waals surface area (Å²) in [5, 5.41) is 6.18. The Morgan fingerprint density at radius 1 is 1.28 bits per heavy atom. The zero-order chi connectivity index (χ0) is 20.4. The Kier molecular flexibility index (Phi) is 6.10. The maximum absolute atomic E-state index is 6.56. The highest BCUT2D eigenvalue weighted by Gasteiger charge is 2.20. The topological polar surface area (TPSA) is 54.1 Å². The molecule has 29 heavy (non-hydrogen) atoms. The zero-order valence-corrected chi connectivity index (χ0v) is 19.2. The standard InChI is InChI=1S/C21H29ClN4O2Si/c1-29(2,3)11-10-27-15-25-14-17(20-18(22)7-8-23-21(20)25)16-12-24-26(13-16)19-6-4-5-9-28-19/h7-8,12-14,19H,4-6,9-11,15H2,1-3H3. The van der Waals surface area contributed by atoms with Gasteiger partial charge >= 0.3 is 0 Å². The van der Waals surface area contributed by atoms with E-state index in [-0.39, 0.29) is 6.23 Å². The van der Waals surface area contributed by atoms with Crippen molar-refractivity contribution in [3.63, 3.8) is 0 Å². The first kappa shape index (κ1) is 20.6. The highest BCUT2D eigenvalue weighted by Crippen LogP contribution is 2.35. The molecule has 0 amide bonds. The number of nitrogens with zero attached hydrogens (tertiary/aromatic N) is 4. The van der Waals surface area contributed by atoms with Crippen LogP contribution in [0.25, 0.3) is 22.2 Å². The highest BCUT2D eigenvalue weighted by molar-refractivity contribution is 6.76. The van der Waals surface area contributed by atoms with Gasteiger partial charge in [-0.3, -0.25) is 0 Å². The van der Waals surface area contributed by atoms with Crippen LogP contribution in [0, 0.1) is 0 Å². The molecule has 0 aromatic carbocycles. The van der Waals surface area contributed by atoms with Crippen molar-refractivity contribution in [3.8, 4) is 11.1 Å². The van der Waals surface area contributed by atoms with E-state index in [2.05, 4.69) is 35.9 Å². The Morgan fingerprint density at radius 3 is 2.90 bits per heavy atom. The van der Waals surface area contributed by atoms with Crippen LogP contribution in [0.5, 0.6) is 0 Å². The first-order valence-corrected chi connectivity index (χ1v) is 14.4. The molecule has 0 spiro atoms. The number of hydrogen-bond acceptors (Lipinski definition) is 4. The molecule has 6 nitrogen and oxygen atoms in total. The molecule has 1 atom stereocenters. The predicted octanol–water partition coefficient (Wildman–Crippen LogP) is 5.56. The van der Waals surface area contributed by atoms with Crippen LogP contribution >= 0.6 is 11.6 Å². The minimum absolute atomic E-state index is 0.0179. The van der Waals surface area contributed by atoms with Gasteiger partial charge in [0.2, 0.25) is 0 Å². The number of halogens is 1. The van der Waals surface area contributed by atoms with Crippen LogP contribution < -0.4 is 0 Å². The lowest BCUT2D eigenvalue weighted by Crippen LogP contribution is -2.22. The first-order valence-electron chi connectivity index (χ1n) is 10.3. The summed E-state index contributed by atoms with van der Waals surface area (Å²) in [6.07, 6.45) is 11.0. The van der Waals surface area contributed by atoms with Crippen molar-refractivity contribution in [1.29, 1.82) is 0 Å². The smallest absolute Gasteiger partial charge is 0.150 e. The second-order valence-electron chi connectivity index (χ2n) is 8.88. The molecule has 0 radical (unpaired) electrons. The van der Waals surface area contributed by atoms with Crippen LogP contribution in [0.15, 0.2) is 30.9 Å². The maximum Gasteiger partial charge on any atom is 0.150 e. The molecule has 1 aliphatic heterocycles. The van der Waals surface area contributed by atoms with Crippen molar-refractivity contribution in [3.05, 3.63) is 35.9 Å². The number of aromatic nitrogens is 4. The zero-order valence-electron chi connectivity index (χ0n) is 17.4. The highest BCUT2D eigenvalue weighted by atomic mass is 35.5. The normalized spacial score (nSPS) is 17.9. The van der Waals surface area contributed by atoms with Gasteiger partial charge in [-0.2, -0.15) is 5.10 Å². The molecule has 3 aromatic heterocycles. The summed E-state index contributed by atoms with van der Waals surface area (Å²) >= 11 is 6.56. The van der Waals surface area contributed by atoms with Crippen molar-refractivity contribution < 1.29 is 9.47 Å². The number of ether oxygens (including phenoxy) is 2. The third-order valence-electron chi connectivity index (χ3n) is 5.30. The van der Waals surface area contributed by atoms with Gasteiger partial charge in [-0.1, -0.05) is 31.2 Å². The first-order chi connectivity index (χ1) is 13.9. The number of hydrogen-bond donors (Lipinski definition) is 0. The molecule has 0 bridgehead atoms. The minimum Gasteiger partial charge on any atom is -0.361 e. The lowest BCUT2D eigenvalue weighted by Gasteiger charge is -2.22. The third-order valence-corrected chi connectivity index (χ3v) is 7.32. The van der Waals surface area contributed by atoms with Gasteiger partial charge in [-0.15, -0.1) is 0 Å². The summed E-state index contributed by atoms with van der Waals surface area (Å²) in [5.74, 6) is 0. The molecule has 4 heterocycles. The van der Waals surface area contributed by atoms with Crippen LogP contribution in [0.3, 0.4) is 0 Å². The van der Waals surface area contributed by atoms with Crippen LogP contribution in [-0.2, 0) is 16.2 Å². The molecule has 3 aromatic rings. The molecule has 1 aliphatic rings. The van der Waals surface area contributed by atoms with Gasteiger partial charge in [0.1, 0.15) is 18.6 Å². The summed E-state index contributed by atoms with van der Waals surface area (Å²) in [6.45, 7) is 9.09. The Labute approximate surface area is 177 Å². The van der Waals surface area contributed by atoms with Crippen molar-refractivity contribution in [2.75, 3.05) is 13.2 Å². The molecule has 156 valence electrons. The average Bonchev–Trinajstić information content (AvgIpc) is 3.31. The van der Waals surface area contributed by atoms with Crippen molar-refractivity contribution in [1.82, 2.24) is 19.3 Å². The van der Waals surface area contributed by atoms with Crippen molar-refractivity contribution >= 4 is 30.7 Å². The largest absolute Gasteiger partial charge is 0.361 e. The average molecular weight is 433 g/mol. The van der Waals surface area contributed by atoms with Crippen molar-refractivity contribution in [2.45, 2.75) is 57.9 Å². The Bertz CT molecular complexity index is 973. The third kappa shape index (κ3) is 4.74. The van der Waals surface area contributed by atoms with E-state index in [0.29, 0.717) is 11.8 Å². The van der Waals surface area contributed by atoms with E-state index < -0.39 is 8.07 Å². The summed E-state index contributed by atoms with van der Waals surface area (Å²) in [5.41, 5.74) is 2.87. The number of rotatable bonds is 7. The van der Waals surface area contributed by atoms with E-state index in [1.54, 1.807) is 6.20 Å². The van der Waals surface area contributed by atoms with Crippen molar-refractivity contribution in [2.24, 2.45) is 0 Å². The molecule has 1 saturated heterocycles. The van der Waals surface area contributed by atoms with E-state index >= 15 is 0 Å². The monoisotopic (exact) mass is 432 g/mol. The molecule has 0 N–H and O–H groups in total. The fraction of sp³-hybridized carbons (Fsp3) is 0.524. The fourth-order valence-corrected chi connectivity index (χ4v) is 4.60. The van der Waals surface area contributed by atoms with Gasteiger partial charge in [0.15, 0.2) is 0 Å². The molecule has 0 saturated carbocycles. The molecule has 1 fully saturated rings. The molecular formula is C21H29ClN4O2Si. The van der Waals surface area contributed by atoms with E-state index in [1.807, 2.05) is 27.7 Å².